The number of anilines is 3. The first-order valence-corrected chi connectivity index (χ1v) is 12.7. The Balaban J connectivity index is 1.68. The number of benzene rings is 2. The molecule has 204 valence electrons. The second-order valence-electron chi connectivity index (χ2n) is 9.35. The van der Waals surface area contributed by atoms with Gasteiger partial charge in [0.25, 0.3) is 5.91 Å². The minimum absolute atomic E-state index is 0.0249. The number of primary amides is 1. The summed E-state index contributed by atoms with van der Waals surface area (Å²) in [6, 6.07) is 12.5. The Bertz CT molecular complexity index is 1480. The summed E-state index contributed by atoms with van der Waals surface area (Å²) in [5, 5.41) is 11.4. The molecule has 2 aromatic heterocycles. The number of aromatic nitrogens is 4. The van der Waals surface area contributed by atoms with Crippen LogP contribution in [-0.2, 0) is 0 Å². The summed E-state index contributed by atoms with van der Waals surface area (Å²) in [5.74, 6) is 2.05. The highest BCUT2D eigenvalue weighted by molar-refractivity contribution is 6.04. The van der Waals surface area contributed by atoms with Gasteiger partial charge in [-0.05, 0) is 25.0 Å². The largest absolute Gasteiger partial charge is 0.497 e. The van der Waals surface area contributed by atoms with E-state index in [1.54, 1.807) is 39.5 Å². The van der Waals surface area contributed by atoms with Gasteiger partial charge in [0.1, 0.15) is 22.8 Å². The Morgan fingerprint density at radius 2 is 1.69 bits per heavy atom. The lowest BCUT2D eigenvalue weighted by Crippen LogP contribution is -2.43. The lowest BCUT2D eigenvalue weighted by molar-refractivity contribution is 0.100. The van der Waals surface area contributed by atoms with E-state index in [0.29, 0.717) is 40.3 Å². The van der Waals surface area contributed by atoms with Crippen molar-refractivity contribution in [3.05, 3.63) is 48.0 Å². The third-order valence-corrected chi connectivity index (χ3v) is 6.81. The van der Waals surface area contributed by atoms with Crippen LogP contribution in [-0.4, -0.2) is 58.9 Å². The number of carbonyl (C=O) groups excluding carboxylic acids is 1. The third kappa shape index (κ3) is 5.36. The summed E-state index contributed by atoms with van der Waals surface area (Å²) in [5.41, 5.74) is 13.9. The van der Waals surface area contributed by atoms with Crippen molar-refractivity contribution in [2.24, 2.45) is 11.5 Å². The van der Waals surface area contributed by atoms with Gasteiger partial charge in [0.15, 0.2) is 17.3 Å². The topological polar surface area (TPSA) is 164 Å². The molecule has 12 heteroatoms. The van der Waals surface area contributed by atoms with Crippen LogP contribution >= 0.6 is 0 Å². The summed E-state index contributed by atoms with van der Waals surface area (Å²) >= 11 is 0. The highest BCUT2D eigenvalue weighted by Gasteiger charge is 2.27. The summed E-state index contributed by atoms with van der Waals surface area (Å²) in [7, 11) is 4.71. The van der Waals surface area contributed by atoms with Gasteiger partial charge in [-0.25, -0.2) is 4.98 Å². The molecular weight excluding hydrogens is 500 g/mol. The van der Waals surface area contributed by atoms with Crippen LogP contribution in [0.15, 0.2) is 42.5 Å². The molecule has 1 aliphatic carbocycles. The Morgan fingerprint density at radius 3 is 2.36 bits per heavy atom. The first-order valence-electron chi connectivity index (χ1n) is 12.7. The first-order chi connectivity index (χ1) is 18.9. The van der Waals surface area contributed by atoms with E-state index in [1.165, 1.54) is 4.52 Å². The van der Waals surface area contributed by atoms with Crippen molar-refractivity contribution in [1.82, 2.24) is 19.6 Å². The predicted molar refractivity (Wildman–Crippen MR) is 148 cm³/mol. The van der Waals surface area contributed by atoms with Crippen LogP contribution in [0.3, 0.4) is 0 Å². The first kappa shape index (κ1) is 26.0. The van der Waals surface area contributed by atoms with Crippen LogP contribution in [0.25, 0.3) is 17.0 Å². The van der Waals surface area contributed by atoms with Gasteiger partial charge in [-0.3, -0.25) is 4.79 Å². The second-order valence-corrected chi connectivity index (χ2v) is 9.35. The summed E-state index contributed by atoms with van der Waals surface area (Å²) in [4.78, 5) is 22.3. The van der Waals surface area contributed by atoms with Crippen LogP contribution in [0, 0.1) is 0 Å². The van der Waals surface area contributed by atoms with Crippen LogP contribution in [0.1, 0.15) is 36.0 Å². The van der Waals surface area contributed by atoms with Gasteiger partial charge in [-0.1, -0.05) is 25.0 Å². The predicted octanol–water partition coefficient (Wildman–Crippen LogP) is 3.34. The number of hydrogen-bond donors (Lipinski definition) is 4. The molecule has 39 heavy (non-hydrogen) atoms. The number of fused-ring (bicyclic) bond motifs is 1. The minimum Gasteiger partial charge on any atom is -0.497 e. The van der Waals surface area contributed by atoms with Gasteiger partial charge in [-0.15, -0.1) is 5.10 Å². The Hall–Kier alpha value is -4.58. The number of carbonyl (C=O) groups is 1. The molecule has 12 nitrogen and oxygen atoms in total. The number of nitrogens with zero attached hydrogens (tertiary/aromatic N) is 4. The van der Waals surface area contributed by atoms with Gasteiger partial charge in [0.05, 0.1) is 21.3 Å². The van der Waals surface area contributed by atoms with Gasteiger partial charge in [-0.2, -0.15) is 9.50 Å². The zero-order valence-corrected chi connectivity index (χ0v) is 22.1. The maximum Gasteiger partial charge on any atom is 0.256 e. The van der Waals surface area contributed by atoms with Crippen molar-refractivity contribution in [1.29, 1.82) is 0 Å². The van der Waals surface area contributed by atoms with Gasteiger partial charge >= 0.3 is 0 Å². The number of amides is 1. The lowest BCUT2D eigenvalue weighted by Gasteiger charge is -2.29. The average Bonchev–Trinajstić information content (AvgIpc) is 3.39. The summed E-state index contributed by atoms with van der Waals surface area (Å²) in [6.07, 6.45) is 3.92. The number of hydrogen-bond acceptors (Lipinski definition) is 10. The minimum atomic E-state index is -0.713. The fourth-order valence-corrected chi connectivity index (χ4v) is 4.75. The van der Waals surface area contributed by atoms with Crippen LogP contribution < -0.4 is 36.3 Å². The molecule has 0 aliphatic heterocycles. The van der Waals surface area contributed by atoms with E-state index in [2.05, 4.69) is 10.6 Å². The fraction of sp³-hybridized carbons (Fsp3) is 0.333. The monoisotopic (exact) mass is 532 g/mol. The number of nitrogens with two attached hydrogens (primary N) is 2. The Morgan fingerprint density at radius 1 is 0.974 bits per heavy atom. The number of methoxy groups -OCH3 is 3. The van der Waals surface area contributed by atoms with Crippen molar-refractivity contribution in [2.45, 2.75) is 37.8 Å². The lowest BCUT2D eigenvalue weighted by atomic mass is 9.91. The van der Waals surface area contributed by atoms with Gasteiger partial charge in [0, 0.05) is 41.5 Å². The van der Waals surface area contributed by atoms with E-state index >= 15 is 0 Å². The molecule has 1 saturated carbocycles. The molecule has 0 spiro atoms. The molecule has 2 atom stereocenters. The van der Waals surface area contributed by atoms with Crippen molar-refractivity contribution < 1.29 is 19.0 Å². The van der Waals surface area contributed by atoms with Gasteiger partial charge < -0.3 is 36.3 Å². The zero-order chi connectivity index (χ0) is 27.5. The molecule has 1 amide bonds. The van der Waals surface area contributed by atoms with E-state index < -0.39 is 5.91 Å². The smallest absolute Gasteiger partial charge is 0.256 e. The Kier molecular flexibility index (Phi) is 7.37. The number of rotatable bonds is 9. The zero-order valence-electron chi connectivity index (χ0n) is 22.1. The van der Waals surface area contributed by atoms with Crippen LogP contribution in [0.4, 0.5) is 17.5 Å². The molecular formula is C27H32N8O4. The molecule has 2 heterocycles. The summed E-state index contributed by atoms with van der Waals surface area (Å²) < 4.78 is 17.7. The maximum atomic E-state index is 12.8. The molecule has 0 bridgehead atoms. The molecule has 4 aromatic rings. The van der Waals surface area contributed by atoms with E-state index in [9.17, 15) is 4.79 Å². The van der Waals surface area contributed by atoms with Crippen molar-refractivity contribution >= 4 is 29.0 Å². The average molecular weight is 533 g/mol. The van der Waals surface area contributed by atoms with E-state index in [1.807, 2.05) is 24.3 Å². The van der Waals surface area contributed by atoms with E-state index in [-0.39, 0.29) is 29.1 Å². The van der Waals surface area contributed by atoms with E-state index in [0.717, 1.165) is 25.7 Å². The molecule has 0 radical (unpaired) electrons. The highest BCUT2D eigenvalue weighted by Crippen LogP contribution is 2.32. The second kappa shape index (κ2) is 11.0. The molecule has 1 aliphatic rings. The van der Waals surface area contributed by atoms with Crippen molar-refractivity contribution in [3.8, 4) is 28.6 Å². The SMILES string of the molecule is COc1cc(Nc2nc(N[C@H]3CCCC[C@H]3N)n3nc(-c4cccc(OC)c4)nc3c2C(N)=O)cc(OC)c1. The van der Waals surface area contributed by atoms with Crippen LogP contribution in [0.5, 0.6) is 17.2 Å². The van der Waals surface area contributed by atoms with Crippen LogP contribution in [0.2, 0.25) is 0 Å². The molecule has 0 saturated heterocycles. The maximum absolute atomic E-state index is 12.8. The third-order valence-electron chi connectivity index (χ3n) is 6.81. The van der Waals surface area contributed by atoms with Crippen molar-refractivity contribution in [2.75, 3.05) is 32.0 Å². The Labute approximate surface area is 225 Å². The number of nitrogens with one attached hydrogen (secondary N) is 2. The molecule has 1 fully saturated rings. The quantitative estimate of drug-likeness (QED) is 0.251. The standard InChI is InChI=1S/C27H32N8O4/c1-37-17-8-6-7-15(11-17)24-32-26-22(23(29)36)25(30-16-12-18(38-2)14-19(13-16)39-3)33-27(35(26)34-24)31-21-10-5-4-9-20(21)28/h6-8,11-14,20-21,30H,4-5,9-10,28H2,1-3H3,(H2,29,36)(H,31,33)/t20-,21+/m1/s1. The fourth-order valence-electron chi connectivity index (χ4n) is 4.75. The molecule has 0 unspecified atom stereocenters. The molecule has 2 aromatic carbocycles. The van der Waals surface area contributed by atoms with Gasteiger partial charge in [0.2, 0.25) is 5.95 Å². The normalized spacial score (nSPS) is 17.0. The van der Waals surface area contributed by atoms with Crippen molar-refractivity contribution in [3.63, 3.8) is 0 Å². The van der Waals surface area contributed by atoms with E-state index in [4.69, 9.17) is 40.7 Å². The molecule has 5 rings (SSSR count). The highest BCUT2D eigenvalue weighted by atomic mass is 16.5. The molecule has 6 N–H and O–H groups in total. The number of ether oxygens (including phenoxy) is 3. The summed E-state index contributed by atoms with van der Waals surface area (Å²) in [6.45, 7) is 0.